The zero-order valence-corrected chi connectivity index (χ0v) is 16.2. The summed E-state index contributed by atoms with van der Waals surface area (Å²) in [6.45, 7) is 3.18. The number of pyridine rings is 1. The number of nitrogens with one attached hydrogen (secondary N) is 2. The molecule has 3 aromatic rings. The Morgan fingerprint density at radius 2 is 1.86 bits per heavy atom. The first-order chi connectivity index (χ1) is 14.0. The van der Waals surface area contributed by atoms with E-state index in [9.17, 15) is 9.59 Å². The van der Waals surface area contributed by atoms with E-state index in [0.29, 0.717) is 31.7 Å². The highest BCUT2D eigenvalue weighted by molar-refractivity contribution is 6.00. The molecule has 146 valence electrons. The molecule has 2 aromatic carbocycles. The van der Waals surface area contributed by atoms with Crippen LogP contribution in [0.2, 0.25) is 0 Å². The third-order valence-corrected chi connectivity index (χ3v) is 6.03. The van der Waals surface area contributed by atoms with Crippen LogP contribution < -0.4 is 10.6 Å². The van der Waals surface area contributed by atoms with Gasteiger partial charge < -0.3 is 10.2 Å². The Kier molecular flexibility index (Phi) is 4.01. The van der Waals surface area contributed by atoms with Gasteiger partial charge in [-0.15, -0.1) is 0 Å². The van der Waals surface area contributed by atoms with Crippen LogP contribution in [-0.2, 0) is 5.54 Å². The molecule has 1 spiro atoms. The number of fused-ring (bicyclic) bond motifs is 3. The number of hydrogen-bond donors (Lipinski definition) is 2. The highest BCUT2D eigenvalue weighted by atomic mass is 16.2. The number of piperidine rings is 1. The van der Waals surface area contributed by atoms with E-state index < -0.39 is 0 Å². The molecular weight excluding hydrogens is 364 g/mol. The van der Waals surface area contributed by atoms with Crippen molar-refractivity contribution in [3.63, 3.8) is 0 Å². The molecule has 2 N–H and O–H groups in total. The van der Waals surface area contributed by atoms with E-state index in [1.165, 1.54) is 0 Å². The van der Waals surface area contributed by atoms with Crippen molar-refractivity contribution in [1.82, 2.24) is 15.2 Å². The number of aromatic nitrogens is 1. The van der Waals surface area contributed by atoms with Gasteiger partial charge in [-0.1, -0.05) is 30.3 Å². The quantitative estimate of drug-likeness (QED) is 0.668. The molecule has 0 saturated carbocycles. The van der Waals surface area contributed by atoms with Crippen molar-refractivity contribution < 1.29 is 9.59 Å². The predicted molar refractivity (Wildman–Crippen MR) is 112 cm³/mol. The van der Waals surface area contributed by atoms with Crippen LogP contribution in [0.4, 0.5) is 10.6 Å². The first-order valence-corrected chi connectivity index (χ1v) is 9.89. The van der Waals surface area contributed by atoms with E-state index in [1.807, 2.05) is 61.5 Å². The molecule has 1 fully saturated rings. The summed E-state index contributed by atoms with van der Waals surface area (Å²) in [5.41, 5.74) is 3.44. The second-order valence-electron chi connectivity index (χ2n) is 7.89. The van der Waals surface area contributed by atoms with Gasteiger partial charge in [0, 0.05) is 24.0 Å². The van der Waals surface area contributed by atoms with Crippen LogP contribution in [0.1, 0.15) is 34.3 Å². The molecule has 0 aliphatic carbocycles. The smallest absolute Gasteiger partial charge is 0.323 e. The number of nitrogens with zero attached hydrogens (tertiary/aromatic N) is 2. The predicted octanol–water partition coefficient (Wildman–Crippen LogP) is 3.81. The highest BCUT2D eigenvalue weighted by Crippen LogP contribution is 2.39. The average molecular weight is 386 g/mol. The summed E-state index contributed by atoms with van der Waals surface area (Å²) in [6.07, 6.45) is 1.40. The Morgan fingerprint density at radius 1 is 1.10 bits per heavy atom. The number of carbonyl (C=O) groups excluding carboxylic acids is 2. The minimum Gasteiger partial charge on any atom is -0.342 e. The molecule has 0 bridgehead atoms. The second-order valence-corrected chi connectivity index (χ2v) is 7.89. The molecule has 2 aliphatic rings. The molecule has 3 amide bonds. The normalized spacial score (nSPS) is 17.3. The van der Waals surface area contributed by atoms with E-state index in [1.54, 1.807) is 4.90 Å². The van der Waals surface area contributed by atoms with Crippen molar-refractivity contribution in [2.45, 2.75) is 25.3 Å². The number of urea groups is 1. The summed E-state index contributed by atoms with van der Waals surface area (Å²) in [4.78, 5) is 31.4. The molecule has 6 heteroatoms. The molecule has 0 atom stereocenters. The standard InChI is InChI=1S/C23H22N4O2/c1-15-6-7-16-8-9-20(24-19(16)14-15)25-22(29)27-12-10-23(11-13-27)18-5-3-2-4-17(18)21(28)26-23/h2-9,14H,10-13H2,1H3,(H,26,28)(H,24,25,29). The van der Waals surface area contributed by atoms with Crippen LogP contribution in [0.25, 0.3) is 10.9 Å². The molecule has 1 saturated heterocycles. The molecule has 5 rings (SSSR count). The molecule has 0 radical (unpaired) electrons. The molecule has 2 aliphatic heterocycles. The van der Waals surface area contributed by atoms with Gasteiger partial charge in [0.2, 0.25) is 0 Å². The molecule has 0 unspecified atom stereocenters. The van der Waals surface area contributed by atoms with Crippen LogP contribution in [0.5, 0.6) is 0 Å². The fraction of sp³-hybridized carbons (Fsp3) is 0.261. The van der Waals surface area contributed by atoms with Crippen molar-refractivity contribution >= 4 is 28.7 Å². The van der Waals surface area contributed by atoms with Crippen molar-refractivity contribution in [1.29, 1.82) is 0 Å². The van der Waals surface area contributed by atoms with Gasteiger partial charge in [-0.2, -0.15) is 0 Å². The van der Waals surface area contributed by atoms with Gasteiger partial charge in [0.1, 0.15) is 5.82 Å². The summed E-state index contributed by atoms with van der Waals surface area (Å²) in [5, 5.41) is 7.12. The summed E-state index contributed by atoms with van der Waals surface area (Å²) < 4.78 is 0. The van der Waals surface area contributed by atoms with E-state index in [-0.39, 0.29) is 17.5 Å². The van der Waals surface area contributed by atoms with Gasteiger partial charge in [0.25, 0.3) is 5.91 Å². The first kappa shape index (κ1) is 17.7. The highest BCUT2D eigenvalue weighted by Gasteiger charge is 2.45. The Labute approximate surface area is 168 Å². The zero-order valence-electron chi connectivity index (χ0n) is 16.2. The van der Waals surface area contributed by atoms with Gasteiger partial charge >= 0.3 is 6.03 Å². The number of hydrogen-bond acceptors (Lipinski definition) is 3. The Morgan fingerprint density at radius 3 is 2.69 bits per heavy atom. The molecule has 29 heavy (non-hydrogen) atoms. The maximum atomic E-state index is 12.8. The lowest BCUT2D eigenvalue weighted by molar-refractivity contribution is 0.0886. The van der Waals surface area contributed by atoms with Crippen LogP contribution in [0.15, 0.2) is 54.6 Å². The third kappa shape index (κ3) is 3.01. The SMILES string of the molecule is Cc1ccc2ccc(NC(=O)N3CCC4(CC3)NC(=O)c3ccccc34)nc2c1. The van der Waals surface area contributed by atoms with Crippen LogP contribution in [0.3, 0.4) is 0 Å². The number of anilines is 1. The van der Waals surface area contributed by atoms with Crippen LogP contribution >= 0.6 is 0 Å². The topological polar surface area (TPSA) is 74.3 Å². The Hall–Kier alpha value is -3.41. The summed E-state index contributed by atoms with van der Waals surface area (Å²) >= 11 is 0. The third-order valence-electron chi connectivity index (χ3n) is 6.03. The maximum Gasteiger partial charge on any atom is 0.323 e. The van der Waals surface area contributed by atoms with Crippen molar-refractivity contribution in [2.24, 2.45) is 0 Å². The number of aryl methyl sites for hydroxylation is 1. The number of rotatable bonds is 1. The van der Waals surface area contributed by atoms with Crippen molar-refractivity contribution in [3.8, 4) is 0 Å². The van der Waals surface area contributed by atoms with Gasteiger partial charge in [-0.05, 0) is 55.2 Å². The fourth-order valence-electron chi connectivity index (χ4n) is 4.42. The lowest BCUT2D eigenvalue weighted by Crippen LogP contribution is -2.51. The first-order valence-electron chi connectivity index (χ1n) is 9.89. The van der Waals surface area contributed by atoms with E-state index in [2.05, 4.69) is 15.6 Å². The number of amides is 3. The maximum absolute atomic E-state index is 12.8. The molecule has 3 heterocycles. The minimum absolute atomic E-state index is 0.0193. The number of carbonyl (C=O) groups is 2. The van der Waals surface area contributed by atoms with E-state index >= 15 is 0 Å². The summed E-state index contributed by atoms with van der Waals surface area (Å²) in [5.74, 6) is 0.530. The van der Waals surface area contributed by atoms with Crippen molar-refractivity contribution in [2.75, 3.05) is 18.4 Å². The Bertz CT molecular complexity index is 1130. The van der Waals surface area contributed by atoms with Gasteiger partial charge in [0.05, 0.1) is 11.1 Å². The molecular formula is C23H22N4O2. The van der Waals surface area contributed by atoms with Crippen LogP contribution in [-0.4, -0.2) is 34.9 Å². The van der Waals surface area contributed by atoms with Gasteiger partial charge in [-0.25, -0.2) is 9.78 Å². The fourth-order valence-corrected chi connectivity index (χ4v) is 4.42. The largest absolute Gasteiger partial charge is 0.342 e. The number of likely N-dealkylation sites (tertiary alicyclic amines) is 1. The van der Waals surface area contributed by atoms with Crippen molar-refractivity contribution in [3.05, 3.63) is 71.3 Å². The van der Waals surface area contributed by atoms with E-state index in [4.69, 9.17) is 0 Å². The summed E-state index contributed by atoms with van der Waals surface area (Å²) in [6, 6.07) is 17.5. The molecule has 1 aromatic heterocycles. The average Bonchev–Trinajstić information content (AvgIpc) is 3.00. The minimum atomic E-state index is -0.358. The van der Waals surface area contributed by atoms with E-state index in [0.717, 1.165) is 27.6 Å². The van der Waals surface area contributed by atoms with Gasteiger partial charge in [-0.3, -0.25) is 10.1 Å². The monoisotopic (exact) mass is 386 g/mol. The second kappa shape index (κ2) is 6.58. The summed E-state index contributed by atoms with van der Waals surface area (Å²) in [7, 11) is 0. The number of benzene rings is 2. The zero-order chi connectivity index (χ0) is 20.0. The molecule has 6 nitrogen and oxygen atoms in total. The Balaban J connectivity index is 1.29. The van der Waals surface area contributed by atoms with Crippen LogP contribution in [0, 0.1) is 6.92 Å². The lowest BCUT2D eigenvalue weighted by atomic mass is 9.82. The lowest BCUT2D eigenvalue weighted by Gasteiger charge is -2.39. The van der Waals surface area contributed by atoms with Gasteiger partial charge in [0.15, 0.2) is 0 Å².